The van der Waals surface area contributed by atoms with Crippen LogP contribution in [-0.4, -0.2) is 33.4 Å². The Bertz CT molecular complexity index is 428. The first-order valence-electron chi connectivity index (χ1n) is 3.97. The van der Waals surface area contributed by atoms with E-state index in [0.29, 0.717) is 5.56 Å². The van der Waals surface area contributed by atoms with Gasteiger partial charge in [0, 0.05) is 0 Å². The van der Waals surface area contributed by atoms with E-state index in [1.807, 2.05) is 0 Å². The molecule has 0 unspecified atom stereocenters. The van der Waals surface area contributed by atoms with Crippen molar-refractivity contribution in [3.8, 4) is 0 Å². The number of hydrogen-bond donors (Lipinski definition) is 3. The van der Waals surface area contributed by atoms with Gasteiger partial charge in [0.2, 0.25) is 0 Å². The van der Waals surface area contributed by atoms with Crippen LogP contribution in [0.15, 0.2) is 30.3 Å². The van der Waals surface area contributed by atoms with Crippen molar-refractivity contribution in [1.29, 1.82) is 0 Å². The van der Waals surface area contributed by atoms with Gasteiger partial charge in [-0.1, -0.05) is 0 Å². The molecule has 6 heteroatoms. The first-order chi connectivity index (χ1) is 6.89. The molecule has 0 aromatic heterocycles. The molecule has 0 bridgehead atoms. The molecule has 5 nitrogen and oxygen atoms in total. The van der Waals surface area contributed by atoms with E-state index in [-0.39, 0.29) is 4.35 Å². The van der Waals surface area contributed by atoms with Crippen LogP contribution >= 0.6 is 0 Å². The Morgan fingerprint density at radius 3 is 2.13 bits per heavy atom. The third-order valence-electron chi connectivity index (χ3n) is 1.65. The second kappa shape index (κ2) is 4.49. The Hall–Kier alpha value is -1.29. The predicted molar refractivity (Wildman–Crippen MR) is 53.6 cm³/mol. The van der Waals surface area contributed by atoms with Crippen molar-refractivity contribution in [1.82, 2.24) is 0 Å². The minimum absolute atomic E-state index is 0.0272. The molecular formula is C9H9AsO5. The molecule has 0 heterocycles. The van der Waals surface area contributed by atoms with Crippen molar-refractivity contribution < 1.29 is 21.8 Å². The van der Waals surface area contributed by atoms with E-state index < -0.39 is 20.1 Å². The summed E-state index contributed by atoms with van der Waals surface area (Å²) in [5.74, 6) is -1.07. The number of carboxylic acids is 1. The average Bonchev–Trinajstić information content (AvgIpc) is 2.14. The van der Waals surface area contributed by atoms with Crippen LogP contribution in [0.4, 0.5) is 0 Å². The van der Waals surface area contributed by atoms with Gasteiger partial charge in [0.05, 0.1) is 0 Å². The van der Waals surface area contributed by atoms with Crippen molar-refractivity contribution in [2.75, 3.05) is 0 Å². The fourth-order valence-corrected chi connectivity index (χ4v) is 2.07. The number of benzene rings is 1. The SMILES string of the molecule is O=C(O)/C=C/c1ccc([As](=O)(O)O)cc1. The van der Waals surface area contributed by atoms with Crippen LogP contribution in [-0.2, 0) is 8.53 Å². The van der Waals surface area contributed by atoms with Crippen LogP contribution in [0, 0.1) is 0 Å². The van der Waals surface area contributed by atoms with Gasteiger partial charge in [-0.15, -0.1) is 0 Å². The van der Waals surface area contributed by atoms with Gasteiger partial charge in [0.25, 0.3) is 0 Å². The van der Waals surface area contributed by atoms with Gasteiger partial charge >= 0.3 is 88.3 Å². The molecule has 0 saturated carbocycles. The van der Waals surface area contributed by atoms with Crippen molar-refractivity contribution >= 4 is 30.6 Å². The van der Waals surface area contributed by atoms with Gasteiger partial charge in [0.15, 0.2) is 0 Å². The van der Waals surface area contributed by atoms with E-state index in [2.05, 4.69) is 0 Å². The summed E-state index contributed by atoms with van der Waals surface area (Å²) in [5.41, 5.74) is 0.574. The third kappa shape index (κ3) is 3.75. The summed E-state index contributed by atoms with van der Waals surface area (Å²) in [6.07, 6.45) is 2.30. The Labute approximate surface area is 88.7 Å². The van der Waals surface area contributed by atoms with E-state index in [4.69, 9.17) is 13.3 Å². The number of carboxylic acid groups (broad SMARTS) is 1. The predicted octanol–water partition coefficient (Wildman–Crippen LogP) is -0.655. The third-order valence-corrected chi connectivity index (χ3v) is 3.68. The average molecular weight is 272 g/mol. The van der Waals surface area contributed by atoms with E-state index in [0.717, 1.165) is 6.08 Å². The molecule has 0 fully saturated rings. The fraction of sp³-hybridized carbons (Fsp3) is 0. The van der Waals surface area contributed by atoms with Crippen molar-refractivity contribution in [2.24, 2.45) is 0 Å². The molecule has 0 amide bonds. The zero-order valence-electron chi connectivity index (χ0n) is 7.57. The molecule has 3 N–H and O–H groups in total. The molecule has 1 aromatic rings. The Balaban J connectivity index is 2.91. The molecule has 0 aliphatic rings. The van der Waals surface area contributed by atoms with Crippen LogP contribution in [0.5, 0.6) is 0 Å². The summed E-state index contributed by atoms with van der Waals surface area (Å²) in [5, 5.41) is 8.35. The molecule has 0 aliphatic heterocycles. The number of hydrogen-bond acceptors (Lipinski definition) is 2. The number of aliphatic carboxylic acids is 1. The van der Waals surface area contributed by atoms with Gasteiger partial charge in [-0.2, -0.15) is 0 Å². The topological polar surface area (TPSA) is 94.8 Å². The van der Waals surface area contributed by atoms with E-state index in [1.165, 1.54) is 30.3 Å². The molecule has 15 heavy (non-hydrogen) atoms. The summed E-state index contributed by atoms with van der Waals surface area (Å²) < 4.78 is 28.5. The molecule has 0 atom stereocenters. The molecule has 0 spiro atoms. The fourth-order valence-electron chi connectivity index (χ4n) is 0.947. The zero-order chi connectivity index (χ0) is 11.5. The van der Waals surface area contributed by atoms with Crippen LogP contribution in [0.1, 0.15) is 5.56 Å². The summed E-state index contributed by atoms with van der Waals surface area (Å²) in [7, 11) is 0. The van der Waals surface area contributed by atoms with Gasteiger partial charge in [-0.3, -0.25) is 0 Å². The van der Waals surface area contributed by atoms with Crippen LogP contribution < -0.4 is 4.35 Å². The van der Waals surface area contributed by atoms with E-state index >= 15 is 0 Å². The zero-order valence-corrected chi connectivity index (χ0v) is 9.45. The second-order valence-corrected chi connectivity index (χ2v) is 6.17. The van der Waals surface area contributed by atoms with Crippen LogP contribution in [0.2, 0.25) is 0 Å². The monoisotopic (exact) mass is 272 g/mol. The first kappa shape index (κ1) is 11.8. The van der Waals surface area contributed by atoms with Gasteiger partial charge in [0.1, 0.15) is 0 Å². The standard InChI is InChI=1S/C9H9AsO5/c11-9(12)6-3-7-1-4-8(5-2-7)10(13,14)15/h1-6H,(H,11,12)(H2,13,14,15)/b6-3+. The molecule has 0 radical (unpaired) electrons. The van der Waals surface area contributed by atoms with Crippen molar-refractivity contribution in [3.63, 3.8) is 0 Å². The van der Waals surface area contributed by atoms with Gasteiger partial charge < -0.3 is 0 Å². The normalized spacial score (nSPS) is 11.9. The van der Waals surface area contributed by atoms with Crippen LogP contribution in [0.25, 0.3) is 6.08 Å². The first-order valence-corrected chi connectivity index (χ1v) is 7.35. The van der Waals surface area contributed by atoms with E-state index in [9.17, 15) is 8.53 Å². The Morgan fingerprint density at radius 2 is 1.73 bits per heavy atom. The summed E-state index contributed by atoms with van der Waals surface area (Å²) >= 11 is -4.82. The van der Waals surface area contributed by atoms with E-state index in [1.54, 1.807) is 0 Å². The number of rotatable bonds is 3. The molecule has 1 rings (SSSR count). The summed E-state index contributed by atoms with van der Waals surface area (Å²) in [6, 6.07) is 5.49. The maximum absolute atomic E-state index is 10.9. The quantitative estimate of drug-likeness (QED) is 0.502. The summed E-state index contributed by atoms with van der Waals surface area (Å²) in [6.45, 7) is 0. The van der Waals surface area contributed by atoms with Crippen LogP contribution in [0.3, 0.4) is 0 Å². The number of carbonyl (C=O) groups is 1. The van der Waals surface area contributed by atoms with Gasteiger partial charge in [-0.25, -0.2) is 0 Å². The molecule has 80 valence electrons. The Morgan fingerprint density at radius 1 is 1.20 bits per heavy atom. The van der Waals surface area contributed by atoms with Gasteiger partial charge in [-0.05, 0) is 0 Å². The molecule has 0 saturated heterocycles. The maximum atomic E-state index is 10.9. The minimum atomic E-state index is -4.82. The van der Waals surface area contributed by atoms with Crippen molar-refractivity contribution in [3.05, 3.63) is 35.9 Å². The summed E-state index contributed by atoms with van der Waals surface area (Å²) in [4.78, 5) is 10.2. The van der Waals surface area contributed by atoms with Crippen molar-refractivity contribution in [2.45, 2.75) is 0 Å². The molecule has 1 aromatic carbocycles. The Kier molecular flexibility index (Phi) is 3.52. The second-order valence-electron chi connectivity index (χ2n) is 2.81. The molecular weight excluding hydrogens is 263 g/mol. The molecule has 0 aliphatic carbocycles.